The summed E-state index contributed by atoms with van der Waals surface area (Å²) >= 11 is 1.47. The van der Waals surface area contributed by atoms with Gasteiger partial charge in [-0.3, -0.25) is 4.79 Å². The maximum atomic E-state index is 11.9. The van der Waals surface area contributed by atoms with E-state index in [9.17, 15) is 9.90 Å². The summed E-state index contributed by atoms with van der Waals surface area (Å²) in [5, 5.41) is 13.0. The van der Waals surface area contributed by atoms with Gasteiger partial charge in [-0.2, -0.15) is 0 Å². The molecule has 2 N–H and O–H groups in total. The van der Waals surface area contributed by atoms with Crippen LogP contribution in [0, 0.1) is 0 Å². The molecule has 0 saturated carbocycles. The van der Waals surface area contributed by atoms with Crippen LogP contribution in [0.15, 0.2) is 59.5 Å². The van der Waals surface area contributed by atoms with Gasteiger partial charge in [0.25, 0.3) is 0 Å². The number of nitrogens with one attached hydrogen (secondary N) is 1. The number of aliphatic hydroxyl groups excluding tert-OH is 1. The largest absolute Gasteiger partial charge is 0.491 e. The number of hydrogen-bond acceptors (Lipinski definition) is 4. The van der Waals surface area contributed by atoms with Gasteiger partial charge in [0.1, 0.15) is 5.75 Å². The fourth-order valence-electron chi connectivity index (χ4n) is 2.11. The maximum Gasteiger partial charge on any atom is 0.230 e. The van der Waals surface area contributed by atoms with Crippen LogP contribution in [-0.2, 0) is 4.79 Å². The minimum absolute atomic E-state index is 0.0760. The molecule has 4 nitrogen and oxygen atoms in total. The zero-order chi connectivity index (χ0) is 17.4. The first-order valence-corrected chi connectivity index (χ1v) is 8.92. The Labute approximate surface area is 147 Å². The third kappa shape index (κ3) is 6.26. The van der Waals surface area contributed by atoms with E-state index in [1.165, 1.54) is 11.8 Å². The molecule has 0 spiro atoms. The molecule has 0 aliphatic heterocycles. The third-order valence-corrected chi connectivity index (χ3v) is 4.23. The molecule has 0 fully saturated rings. The Bertz CT molecular complexity index is 646. The van der Waals surface area contributed by atoms with Gasteiger partial charge >= 0.3 is 0 Å². The summed E-state index contributed by atoms with van der Waals surface area (Å²) in [6.07, 6.45) is -0.682. The van der Waals surface area contributed by atoms with Crippen molar-refractivity contribution in [2.75, 3.05) is 12.3 Å². The van der Waals surface area contributed by atoms with E-state index in [-0.39, 0.29) is 18.6 Å². The van der Waals surface area contributed by atoms with Crippen LogP contribution in [0.4, 0.5) is 0 Å². The van der Waals surface area contributed by atoms with Crippen LogP contribution in [0.1, 0.15) is 25.5 Å². The molecular weight excluding hydrogens is 322 g/mol. The second-order valence-corrected chi connectivity index (χ2v) is 6.71. The number of hydrogen-bond donors (Lipinski definition) is 2. The Balaban J connectivity index is 1.79. The summed E-state index contributed by atoms with van der Waals surface area (Å²) in [5.41, 5.74) is 0.726. The Morgan fingerprint density at radius 1 is 1.17 bits per heavy atom. The first-order chi connectivity index (χ1) is 11.5. The van der Waals surface area contributed by atoms with Gasteiger partial charge in [0.15, 0.2) is 0 Å². The van der Waals surface area contributed by atoms with Gasteiger partial charge in [0.05, 0.1) is 18.0 Å². The molecule has 0 aliphatic rings. The molecule has 1 unspecified atom stereocenters. The minimum atomic E-state index is -0.758. The van der Waals surface area contributed by atoms with Crippen molar-refractivity contribution in [1.82, 2.24) is 5.32 Å². The van der Waals surface area contributed by atoms with Crippen molar-refractivity contribution in [2.24, 2.45) is 0 Å². The molecule has 0 bridgehead atoms. The van der Waals surface area contributed by atoms with E-state index >= 15 is 0 Å². The van der Waals surface area contributed by atoms with Crippen molar-refractivity contribution in [3.63, 3.8) is 0 Å². The molecular formula is C19H23NO3S. The SMILES string of the molecule is CC(C)Oc1cccc(C(O)CNC(=O)CSc2ccccc2)c1. The van der Waals surface area contributed by atoms with Crippen LogP contribution in [0.2, 0.25) is 0 Å². The highest BCUT2D eigenvalue weighted by Gasteiger charge is 2.11. The van der Waals surface area contributed by atoms with E-state index in [0.29, 0.717) is 11.5 Å². The highest BCUT2D eigenvalue weighted by atomic mass is 32.2. The lowest BCUT2D eigenvalue weighted by molar-refractivity contribution is -0.119. The molecule has 0 heterocycles. The molecule has 1 amide bonds. The van der Waals surface area contributed by atoms with E-state index in [2.05, 4.69) is 5.32 Å². The van der Waals surface area contributed by atoms with Crippen LogP contribution in [-0.4, -0.2) is 29.4 Å². The Morgan fingerprint density at radius 2 is 1.92 bits per heavy atom. The molecule has 2 aromatic rings. The predicted octanol–water partition coefficient (Wildman–Crippen LogP) is 3.42. The van der Waals surface area contributed by atoms with Crippen LogP contribution < -0.4 is 10.1 Å². The van der Waals surface area contributed by atoms with Gasteiger partial charge in [-0.25, -0.2) is 0 Å². The highest BCUT2D eigenvalue weighted by Crippen LogP contribution is 2.20. The molecule has 0 saturated heterocycles. The lowest BCUT2D eigenvalue weighted by Gasteiger charge is -2.15. The van der Waals surface area contributed by atoms with E-state index < -0.39 is 6.10 Å². The number of carbonyl (C=O) groups excluding carboxylic acids is 1. The predicted molar refractivity (Wildman–Crippen MR) is 97.3 cm³/mol. The number of ether oxygens (including phenoxy) is 1. The quantitative estimate of drug-likeness (QED) is 0.720. The molecule has 24 heavy (non-hydrogen) atoms. The molecule has 0 aromatic heterocycles. The lowest BCUT2D eigenvalue weighted by Crippen LogP contribution is -2.29. The molecule has 1 atom stereocenters. The summed E-state index contributed by atoms with van der Waals surface area (Å²) in [4.78, 5) is 12.9. The van der Waals surface area contributed by atoms with E-state index in [0.717, 1.165) is 10.5 Å². The van der Waals surface area contributed by atoms with Crippen LogP contribution >= 0.6 is 11.8 Å². The zero-order valence-corrected chi connectivity index (χ0v) is 14.8. The summed E-state index contributed by atoms with van der Waals surface area (Å²) in [5.74, 6) is 0.942. The van der Waals surface area contributed by atoms with Crippen LogP contribution in [0.5, 0.6) is 5.75 Å². The number of amides is 1. The standard InChI is InChI=1S/C19H23NO3S/c1-14(2)23-16-8-6-7-15(11-16)18(21)12-20-19(22)13-24-17-9-4-3-5-10-17/h3-11,14,18,21H,12-13H2,1-2H3,(H,20,22). The van der Waals surface area contributed by atoms with Gasteiger partial charge in [0.2, 0.25) is 5.91 Å². The molecule has 2 rings (SSSR count). The van der Waals surface area contributed by atoms with E-state index in [4.69, 9.17) is 4.74 Å². The molecule has 0 radical (unpaired) electrons. The second-order valence-electron chi connectivity index (χ2n) is 5.66. The first kappa shape index (κ1) is 18.4. The average molecular weight is 345 g/mol. The number of benzene rings is 2. The molecule has 128 valence electrons. The normalized spacial score (nSPS) is 12.0. The Morgan fingerprint density at radius 3 is 2.62 bits per heavy atom. The Kier molecular flexibility index (Phi) is 7.15. The van der Waals surface area contributed by atoms with Crippen molar-refractivity contribution in [1.29, 1.82) is 0 Å². The monoisotopic (exact) mass is 345 g/mol. The van der Waals surface area contributed by atoms with Gasteiger partial charge in [-0.1, -0.05) is 30.3 Å². The highest BCUT2D eigenvalue weighted by molar-refractivity contribution is 8.00. The third-order valence-electron chi connectivity index (χ3n) is 3.22. The fraction of sp³-hybridized carbons (Fsp3) is 0.316. The second kappa shape index (κ2) is 9.35. The smallest absolute Gasteiger partial charge is 0.230 e. The van der Waals surface area contributed by atoms with Crippen LogP contribution in [0.3, 0.4) is 0 Å². The van der Waals surface area contributed by atoms with Crippen molar-refractivity contribution in [2.45, 2.75) is 31.0 Å². The average Bonchev–Trinajstić information content (AvgIpc) is 2.58. The first-order valence-electron chi connectivity index (χ1n) is 7.94. The molecule has 5 heteroatoms. The van der Waals surface area contributed by atoms with Gasteiger partial charge in [-0.15, -0.1) is 11.8 Å². The van der Waals surface area contributed by atoms with Crippen molar-refractivity contribution >= 4 is 17.7 Å². The summed E-state index contributed by atoms with van der Waals surface area (Å²) < 4.78 is 5.62. The van der Waals surface area contributed by atoms with Crippen molar-refractivity contribution in [3.8, 4) is 5.75 Å². The van der Waals surface area contributed by atoms with Crippen molar-refractivity contribution < 1.29 is 14.6 Å². The minimum Gasteiger partial charge on any atom is -0.491 e. The molecule has 0 aliphatic carbocycles. The van der Waals surface area contributed by atoms with E-state index in [1.54, 1.807) is 6.07 Å². The summed E-state index contributed by atoms with van der Waals surface area (Å²) in [7, 11) is 0. The summed E-state index contributed by atoms with van der Waals surface area (Å²) in [6, 6.07) is 17.1. The lowest BCUT2D eigenvalue weighted by atomic mass is 10.1. The van der Waals surface area contributed by atoms with Crippen molar-refractivity contribution in [3.05, 3.63) is 60.2 Å². The Hall–Kier alpha value is -1.98. The topological polar surface area (TPSA) is 58.6 Å². The number of thioether (sulfide) groups is 1. The van der Waals surface area contributed by atoms with Gasteiger partial charge < -0.3 is 15.2 Å². The summed E-state index contributed by atoms with van der Waals surface area (Å²) in [6.45, 7) is 4.08. The van der Waals surface area contributed by atoms with Gasteiger partial charge in [-0.05, 0) is 43.7 Å². The number of carbonyl (C=O) groups is 1. The zero-order valence-electron chi connectivity index (χ0n) is 13.9. The fourth-order valence-corrected chi connectivity index (χ4v) is 2.86. The van der Waals surface area contributed by atoms with Crippen LogP contribution in [0.25, 0.3) is 0 Å². The van der Waals surface area contributed by atoms with E-state index in [1.807, 2.05) is 62.4 Å². The number of rotatable bonds is 8. The maximum absolute atomic E-state index is 11.9. The van der Waals surface area contributed by atoms with Gasteiger partial charge in [0, 0.05) is 11.4 Å². The molecule has 2 aromatic carbocycles. The number of aliphatic hydroxyl groups is 1.